The number of carbonyl (C=O) groups excluding carboxylic acids is 1. The molecule has 10 heteroatoms. The van der Waals surface area contributed by atoms with Crippen LogP contribution in [0.15, 0.2) is 52.1 Å². The number of H-pyrrole nitrogens is 1. The molecule has 0 spiro atoms. The zero-order valence-corrected chi connectivity index (χ0v) is 19.9. The molecule has 1 saturated heterocycles. The first kappa shape index (κ1) is 25.7. The van der Waals surface area contributed by atoms with Crippen LogP contribution in [0.2, 0.25) is 0 Å². The second kappa shape index (κ2) is 9.93. The first-order valence-corrected chi connectivity index (χ1v) is 12.0. The Labute approximate surface area is 205 Å². The van der Waals surface area contributed by atoms with Crippen molar-refractivity contribution in [3.63, 3.8) is 0 Å². The number of unbranched alkanes of at least 4 members (excludes halogenated alkanes) is 2. The van der Waals surface area contributed by atoms with Gasteiger partial charge in [0, 0.05) is 25.2 Å². The molecular formula is C26H28F3N3O4. The lowest BCUT2D eigenvalue weighted by atomic mass is 9.83. The Morgan fingerprint density at radius 2 is 1.81 bits per heavy atom. The molecule has 2 N–H and O–H groups in total. The number of nitrogens with zero attached hydrogens (tertiary/aromatic N) is 2. The zero-order valence-electron chi connectivity index (χ0n) is 19.9. The van der Waals surface area contributed by atoms with Crippen molar-refractivity contribution in [2.45, 2.75) is 57.3 Å². The molecule has 36 heavy (non-hydrogen) atoms. The van der Waals surface area contributed by atoms with Crippen molar-refractivity contribution in [3.8, 4) is 0 Å². The monoisotopic (exact) mass is 503 g/mol. The van der Waals surface area contributed by atoms with Crippen molar-refractivity contribution < 1.29 is 23.1 Å². The number of benzene rings is 2. The van der Waals surface area contributed by atoms with E-state index in [-0.39, 0.29) is 48.5 Å². The summed E-state index contributed by atoms with van der Waals surface area (Å²) in [6.07, 6.45) is -1.79. The van der Waals surface area contributed by atoms with Crippen molar-refractivity contribution in [3.05, 3.63) is 80.0 Å². The molecule has 1 aromatic heterocycles. The number of piperidine rings is 1. The van der Waals surface area contributed by atoms with E-state index in [4.69, 9.17) is 0 Å². The van der Waals surface area contributed by atoms with Gasteiger partial charge in [-0.25, -0.2) is 4.79 Å². The second-order valence-electron chi connectivity index (χ2n) is 9.26. The highest BCUT2D eigenvalue weighted by Crippen LogP contribution is 2.37. The number of rotatable bonds is 6. The predicted molar refractivity (Wildman–Crippen MR) is 129 cm³/mol. The highest BCUT2D eigenvalue weighted by Gasteiger charge is 2.38. The van der Waals surface area contributed by atoms with Crippen molar-refractivity contribution in [2.75, 3.05) is 13.1 Å². The number of alkyl halides is 3. The lowest BCUT2D eigenvalue weighted by Crippen LogP contribution is -2.45. The number of amides is 1. The van der Waals surface area contributed by atoms with E-state index < -0.39 is 28.6 Å². The molecule has 3 aromatic rings. The number of nitrogens with one attached hydrogen (secondary N) is 1. The normalized spacial score (nSPS) is 15.9. The molecular weight excluding hydrogens is 475 g/mol. The molecule has 0 bridgehead atoms. The van der Waals surface area contributed by atoms with Crippen LogP contribution in [-0.2, 0) is 18.3 Å². The molecule has 0 atom stereocenters. The lowest BCUT2D eigenvalue weighted by Gasteiger charge is -2.38. The number of aromatic amines is 1. The maximum Gasteiger partial charge on any atom is 0.416 e. The molecule has 0 aliphatic carbocycles. The van der Waals surface area contributed by atoms with Gasteiger partial charge >= 0.3 is 11.9 Å². The number of aliphatic hydroxyl groups is 1. The molecule has 1 fully saturated rings. The zero-order chi connectivity index (χ0) is 26.1. The minimum Gasteiger partial charge on any atom is -0.385 e. The molecule has 0 radical (unpaired) electrons. The first-order chi connectivity index (χ1) is 17.0. The topological polar surface area (TPSA) is 95.4 Å². The quantitative estimate of drug-likeness (QED) is 0.497. The van der Waals surface area contributed by atoms with Crippen LogP contribution < -0.4 is 11.2 Å². The Hall–Kier alpha value is -3.40. The van der Waals surface area contributed by atoms with Crippen LogP contribution in [0, 0.1) is 0 Å². The highest BCUT2D eigenvalue weighted by atomic mass is 19.4. The molecule has 0 unspecified atom stereocenters. The SMILES string of the molecule is CCCCCn1c(=O)[nH]c2cc(C(=O)N3CCC(O)(c4cccc(C(F)(F)F)c4)CC3)ccc2c1=O. The van der Waals surface area contributed by atoms with E-state index in [1.807, 2.05) is 6.92 Å². The maximum atomic E-state index is 13.1. The van der Waals surface area contributed by atoms with Crippen molar-refractivity contribution >= 4 is 16.8 Å². The Kier molecular flexibility index (Phi) is 7.08. The number of likely N-dealkylation sites (tertiary alicyclic amines) is 1. The molecule has 7 nitrogen and oxygen atoms in total. The third kappa shape index (κ3) is 5.09. The summed E-state index contributed by atoms with van der Waals surface area (Å²) in [5, 5.41) is 11.3. The van der Waals surface area contributed by atoms with Gasteiger partial charge in [-0.15, -0.1) is 0 Å². The average molecular weight is 504 g/mol. The van der Waals surface area contributed by atoms with Crippen LogP contribution in [0.3, 0.4) is 0 Å². The van der Waals surface area contributed by atoms with E-state index in [1.54, 1.807) is 0 Å². The van der Waals surface area contributed by atoms with Crippen LogP contribution in [0.4, 0.5) is 13.2 Å². The second-order valence-corrected chi connectivity index (χ2v) is 9.26. The predicted octanol–water partition coefficient (Wildman–Crippen LogP) is 4.02. The molecule has 2 aromatic carbocycles. The Balaban J connectivity index is 1.51. The van der Waals surface area contributed by atoms with Crippen LogP contribution >= 0.6 is 0 Å². The van der Waals surface area contributed by atoms with E-state index in [2.05, 4.69) is 4.98 Å². The van der Waals surface area contributed by atoms with E-state index in [0.717, 1.165) is 25.0 Å². The number of hydrogen-bond donors (Lipinski definition) is 2. The summed E-state index contributed by atoms with van der Waals surface area (Å²) in [7, 11) is 0. The number of fused-ring (bicyclic) bond motifs is 1. The third-order valence-electron chi connectivity index (χ3n) is 6.82. The van der Waals surface area contributed by atoms with Gasteiger partial charge in [0.15, 0.2) is 0 Å². The van der Waals surface area contributed by atoms with Crippen LogP contribution in [-0.4, -0.2) is 38.6 Å². The van der Waals surface area contributed by atoms with Gasteiger partial charge in [0.05, 0.1) is 22.1 Å². The summed E-state index contributed by atoms with van der Waals surface area (Å²) in [6, 6.07) is 9.13. The number of halogens is 3. The molecule has 1 aliphatic rings. The summed E-state index contributed by atoms with van der Waals surface area (Å²) < 4.78 is 40.4. The van der Waals surface area contributed by atoms with Gasteiger partial charge < -0.3 is 15.0 Å². The number of hydrogen-bond acceptors (Lipinski definition) is 4. The third-order valence-corrected chi connectivity index (χ3v) is 6.82. The number of aromatic nitrogens is 2. The van der Waals surface area contributed by atoms with Gasteiger partial charge in [-0.05, 0) is 55.2 Å². The first-order valence-electron chi connectivity index (χ1n) is 12.0. The highest BCUT2D eigenvalue weighted by molar-refractivity contribution is 5.97. The minimum absolute atomic E-state index is 0.0763. The van der Waals surface area contributed by atoms with Crippen LogP contribution in [0.5, 0.6) is 0 Å². The summed E-state index contributed by atoms with van der Waals surface area (Å²) in [4.78, 5) is 42.5. The fourth-order valence-corrected chi connectivity index (χ4v) is 4.65. The fraction of sp³-hybridized carbons (Fsp3) is 0.423. The molecule has 1 aliphatic heterocycles. The smallest absolute Gasteiger partial charge is 0.385 e. The van der Waals surface area contributed by atoms with Crippen LogP contribution in [0.1, 0.15) is 60.5 Å². The standard InChI is InChI=1S/C26H28F3N3O4/c1-2-3-4-12-32-23(34)20-9-8-17(15-21(20)30-24(32)35)22(33)31-13-10-25(36,11-14-31)18-6-5-7-19(16-18)26(27,28)29/h5-9,15-16,36H,2-4,10-14H2,1H3,(H,30,35). The van der Waals surface area contributed by atoms with Crippen molar-refractivity contribution in [1.29, 1.82) is 0 Å². The van der Waals surface area contributed by atoms with Crippen molar-refractivity contribution in [1.82, 2.24) is 14.5 Å². The summed E-state index contributed by atoms with van der Waals surface area (Å²) >= 11 is 0. The van der Waals surface area contributed by atoms with E-state index >= 15 is 0 Å². The Morgan fingerprint density at radius 3 is 2.47 bits per heavy atom. The van der Waals surface area contributed by atoms with Crippen LogP contribution in [0.25, 0.3) is 10.9 Å². The van der Waals surface area contributed by atoms with Gasteiger partial charge in [-0.3, -0.25) is 14.2 Å². The largest absolute Gasteiger partial charge is 0.416 e. The summed E-state index contributed by atoms with van der Waals surface area (Å²) in [5.74, 6) is -0.351. The number of carbonyl (C=O) groups is 1. The van der Waals surface area contributed by atoms with Gasteiger partial charge in [-0.1, -0.05) is 31.9 Å². The Bertz CT molecular complexity index is 1390. The van der Waals surface area contributed by atoms with Gasteiger partial charge in [0.25, 0.3) is 11.5 Å². The molecule has 2 heterocycles. The molecule has 1 amide bonds. The maximum absolute atomic E-state index is 13.1. The molecule has 0 saturated carbocycles. The van der Waals surface area contributed by atoms with Gasteiger partial charge in [0.1, 0.15) is 0 Å². The summed E-state index contributed by atoms with van der Waals surface area (Å²) in [6.45, 7) is 2.62. The Morgan fingerprint density at radius 1 is 1.08 bits per heavy atom. The molecule has 192 valence electrons. The van der Waals surface area contributed by atoms with E-state index in [0.29, 0.717) is 18.4 Å². The minimum atomic E-state index is -4.52. The lowest BCUT2D eigenvalue weighted by molar-refractivity contribution is -0.137. The van der Waals surface area contributed by atoms with Gasteiger partial charge in [-0.2, -0.15) is 13.2 Å². The van der Waals surface area contributed by atoms with Gasteiger partial charge in [0.2, 0.25) is 0 Å². The summed E-state index contributed by atoms with van der Waals surface area (Å²) in [5.41, 5.74) is -2.55. The van der Waals surface area contributed by atoms with E-state index in [1.165, 1.54) is 39.8 Å². The fourth-order valence-electron chi connectivity index (χ4n) is 4.65. The van der Waals surface area contributed by atoms with E-state index in [9.17, 15) is 32.7 Å². The van der Waals surface area contributed by atoms with Crippen molar-refractivity contribution in [2.24, 2.45) is 0 Å². The average Bonchev–Trinajstić information content (AvgIpc) is 2.85. The molecule has 4 rings (SSSR count).